The molecule has 96 heavy (non-hydrogen) atoms. The molecule has 0 rings (SSSR count). The van der Waals surface area contributed by atoms with Crippen LogP contribution >= 0.6 is 15.6 Å². The van der Waals surface area contributed by atoms with Gasteiger partial charge in [0.25, 0.3) is 0 Å². The van der Waals surface area contributed by atoms with Crippen LogP contribution in [0.5, 0.6) is 0 Å². The van der Waals surface area contributed by atoms with E-state index in [0.717, 1.165) is 180 Å². The SMILES string of the molecule is CC/C=C\C/C=C\C/C=C\C/C=C\CCCCCCCCC(=O)OCC(COP(=O)(O)OCC(O)COP(=O)(O)OCC(COC(=O)CCCC/C=C\C/C=C\C/C=C\C/C=C\CC)OC(=O)CCCCCCC/C=C\CCCC)OC(=O)CCCCCCC/C=C\CCCC. The lowest BCUT2D eigenvalue weighted by molar-refractivity contribution is -0.161. The molecule has 0 aliphatic rings. The number of hydrogen-bond acceptors (Lipinski definition) is 15. The zero-order chi connectivity index (χ0) is 70.4. The molecule has 17 nitrogen and oxygen atoms in total. The largest absolute Gasteiger partial charge is 0.472 e. The number of phosphoric acid groups is 2. The number of aliphatic hydroxyl groups is 1. The molecule has 0 saturated carbocycles. The second kappa shape index (κ2) is 69.0. The van der Waals surface area contributed by atoms with Crippen molar-refractivity contribution in [2.45, 2.75) is 303 Å². The highest BCUT2D eigenvalue weighted by molar-refractivity contribution is 7.47. The van der Waals surface area contributed by atoms with E-state index >= 15 is 0 Å². The van der Waals surface area contributed by atoms with Crippen molar-refractivity contribution in [1.82, 2.24) is 0 Å². The third kappa shape index (κ3) is 68.0. The number of carbonyl (C=O) groups is 4. The first kappa shape index (κ1) is 91.5. The monoisotopic (exact) mass is 1390 g/mol. The molecule has 0 aromatic rings. The molecule has 0 radical (unpaired) electrons. The Labute approximate surface area is 581 Å². The van der Waals surface area contributed by atoms with Crippen LogP contribution in [0.4, 0.5) is 0 Å². The highest BCUT2D eigenvalue weighted by Crippen LogP contribution is 2.45. The van der Waals surface area contributed by atoms with E-state index in [1.54, 1.807) is 0 Å². The van der Waals surface area contributed by atoms with Gasteiger partial charge in [-0.1, -0.05) is 239 Å². The summed E-state index contributed by atoms with van der Waals surface area (Å²) in [6, 6.07) is 0. The first-order chi connectivity index (χ1) is 46.7. The minimum atomic E-state index is -4.98. The van der Waals surface area contributed by atoms with Crippen LogP contribution in [0.25, 0.3) is 0 Å². The maximum absolute atomic E-state index is 13.0. The van der Waals surface area contributed by atoms with Gasteiger partial charge in [0.1, 0.15) is 19.3 Å². The number of carbonyl (C=O) groups excluding carboxylic acids is 4. The van der Waals surface area contributed by atoms with Crippen molar-refractivity contribution in [3.8, 4) is 0 Å². The lowest BCUT2D eigenvalue weighted by atomic mass is 10.1. The van der Waals surface area contributed by atoms with Crippen LogP contribution in [0, 0.1) is 0 Å². The molecule has 5 unspecified atom stereocenters. The summed E-state index contributed by atoms with van der Waals surface area (Å²) in [5.41, 5.74) is 0. The van der Waals surface area contributed by atoms with E-state index < -0.39 is 97.5 Å². The maximum atomic E-state index is 13.0. The van der Waals surface area contributed by atoms with E-state index in [1.165, 1.54) is 25.7 Å². The van der Waals surface area contributed by atoms with Crippen LogP contribution in [0.1, 0.15) is 285 Å². The molecule has 0 amide bonds. The number of aliphatic hydroxyl groups excluding tert-OH is 1. The molecule has 5 atom stereocenters. The van der Waals surface area contributed by atoms with Crippen molar-refractivity contribution < 1.29 is 80.2 Å². The van der Waals surface area contributed by atoms with Gasteiger partial charge < -0.3 is 33.8 Å². The number of ether oxygens (including phenoxy) is 4. The number of allylic oxidation sites excluding steroid dienone is 20. The molecule has 0 aliphatic carbocycles. The summed E-state index contributed by atoms with van der Waals surface area (Å²) in [4.78, 5) is 72.6. The summed E-state index contributed by atoms with van der Waals surface area (Å²) < 4.78 is 68.2. The molecule has 0 bridgehead atoms. The first-order valence-electron chi connectivity index (χ1n) is 36.8. The normalized spacial score (nSPS) is 14.7. The summed E-state index contributed by atoms with van der Waals surface area (Å²) in [6.45, 7) is 4.46. The molecular formula is C77H130O17P2. The maximum Gasteiger partial charge on any atom is 0.472 e. The van der Waals surface area contributed by atoms with Crippen molar-refractivity contribution in [3.05, 3.63) is 122 Å². The third-order valence-corrected chi connectivity index (χ3v) is 16.8. The van der Waals surface area contributed by atoms with E-state index in [0.29, 0.717) is 25.7 Å². The van der Waals surface area contributed by atoms with E-state index in [9.17, 15) is 43.2 Å². The Morgan fingerprint density at radius 1 is 0.302 bits per heavy atom. The molecule has 550 valence electrons. The van der Waals surface area contributed by atoms with Gasteiger partial charge in [0.05, 0.1) is 26.4 Å². The van der Waals surface area contributed by atoms with Crippen LogP contribution < -0.4 is 0 Å². The molecule has 0 fully saturated rings. The number of unbranched alkanes of at least 4 members (excludes halogenated alkanes) is 22. The lowest BCUT2D eigenvalue weighted by Gasteiger charge is -2.21. The quantitative estimate of drug-likeness (QED) is 0.0169. The van der Waals surface area contributed by atoms with Crippen LogP contribution in [0.2, 0.25) is 0 Å². The van der Waals surface area contributed by atoms with Crippen LogP contribution in [-0.4, -0.2) is 96.7 Å². The Morgan fingerprint density at radius 3 is 0.865 bits per heavy atom. The van der Waals surface area contributed by atoms with Crippen molar-refractivity contribution in [2.24, 2.45) is 0 Å². The summed E-state index contributed by atoms with van der Waals surface area (Å²) in [5, 5.41) is 10.6. The van der Waals surface area contributed by atoms with Gasteiger partial charge in [0, 0.05) is 25.7 Å². The molecule has 0 aromatic heterocycles. The summed E-state index contributed by atoms with van der Waals surface area (Å²) in [5.74, 6) is -2.26. The van der Waals surface area contributed by atoms with Crippen molar-refractivity contribution in [1.29, 1.82) is 0 Å². The average Bonchev–Trinajstić information content (AvgIpc) is 1.15. The van der Waals surface area contributed by atoms with Crippen LogP contribution in [-0.2, 0) is 65.4 Å². The summed E-state index contributed by atoms with van der Waals surface area (Å²) in [7, 11) is -9.96. The third-order valence-electron chi connectivity index (χ3n) is 14.9. The highest BCUT2D eigenvalue weighted by atomic mass is 31.2. The van der Waals surface area contributed by atoms with Crippen molar-refractivity contribution >= 4 is 39.5 Å². The predicted molar refractivity (Wildman–Crippen MR) is 390 cm³/mol. The van der Waals surface area contributed by atoms with Gasteiger partial charge in [0.15, 0.2) is 12.2 Å². The smallest absolute Gasteiger partial charge is 0.462 e. The summed E-state index contributed by atoms with van der Waals surface area (Å²) in [6.07, 6.45) is 73.6. The molecule has 0 saturated heterocycles. The van der Waals surface area contributed by atoms with Gasteiger partial charge in [-0.05, 0) is 141 Å². The zero-order valence-corrected chi connectivity index (χ0v) is 61.5. The average molecular weight is 1390 g/mol. The standard InChI is InChI=1S/C77H130O17P2/c1-5-9-13-17-21-25-29-31-33-34-35-36-38-40-44-46-50-54-58-62-75(80)88-68-73(94-77(82)64-60-56-52-48-42-28-24-20-16-12-8-4)70-92-96(85,86)90-66-71(78)65-89-95(83,84)91-69-72(93-76(81)63-59-55-51-47-41-27-23-19-15-11-7-3)67-87-74(79)61-57-53-49-45-43-39-37-32-30-26-22-18-14-10-6-2/h9-10,13-14,19-26,31-33,35-37,43,45,71-73,78H,5-8,11-12,15-18,27-30,34,38-42,44,46-70H2,1-4H3,(H,83,84)(H,85,86)/b13-9-,14-10-,23-19-,24-20-,25-21-,26-22-,33-31-,36-35-,37-32-,45-43-. The van der Waals surface area contributed by atoms with Crippen molar-refractivity contribution in [2.75, 3.05) is 39.6 Å². The van der Waals surface area contributed by atoms with Gasteiger partial charge in [-0.2, -0.15) is 0 Å². The van der Waals surface area contributed by atoms with Gasteiger partial charge in [-0.25, -0.2) is 9.13 Å². The number of esters is 4. The summed E-state index contributed by atoms with van der Waals surface area (Å²) >= 11 is 0. The van der Waals surface area contributed by atoms with Crippen LogP contribution in [0.15, 0.2) is 122 Å². The molecule has 0 heterocycles. The topological polar surface area (TPSA) is 237 Å². The Hall–Kier alpha value is -4.54. The predicted octanol–water partition coefficient (Wildman–Crippen LogP) is 20.8. The Balaban J connectivity index is 5.33. The number of rotatable bonds is 68. The zero-order valence-electron chi connectivity index (χ0n) is 59.8. The van der Waals surface area contributed by atoms with E-state index in [-0.39, 0.29) is 25.7 Å². The van der Waals surface area contributed by atoms with Gasteiger partial charge in [-0.3, -0.25) is 37.3 Å². The van der Waals surface area contributed by atoms with Crippen molar-refractivity contribution in [3.63, 3.8) is 0 Å². The lowest BCUT2D eigenvalue weighted by Crippen LogP contribution is -2.30. The Bertz CT molecular complexity index is 2300. The first-order valence-corrected chi connectivity index (χ1v) is 39.8. The minimum absolute atomic E-state index is 0.0731. The van der Waals surface area contributed by atoms with E-state index in [1.807, 2.05) is 0 Å². The molecule has 3 N–H and O–H groups in total. The molecule has 19 heteroatoms. The van der Waals surface area contributed by atoms with Gasteiger partial charge >= 0.3 is 39.5 Å². The Kier molecular flexibility index (Phi) is 65.7. The Morgan fingerprint density at radius 2 is 0.542 bits per heavy atom. The highest BCUT2D eigenvalue weighted by Gasteiger charge is 2.30. The fourth-order valence-corrected chi connectivity index (χ4v) is 10.9. The molecule has 0 aromatic carbocycles. The molecule has 0 spiro atoms. The fourth-order valence-electron chi connectivity index (χ4n) is 9.28. The number of hydrogen-bond donors (Lipinski definition) is 3. The van der Waals surface area contributed by atoms with Gasteiger partial charge in [0.2, 0.25) is 0 Å². The molecule has 0 aliphatic heterocycles. The minimum Gasteiger partial charge on any atom is -0.462 e. The van der Waals surface area contributed by atoms with Crippen LogP contribution in [0.3, 0.4) is 0 Å². The molecular weight excluding hydrogens is 1260 g/mol. The van der Waals surface area contributed by atoms with Gasteiger partial charge in [-0.15, -0.1) is 0 Å². The van der Waals surface area contributed by atoms with E-state index in [2.05, 4.69) is 149 Å². The second-order valence-electron chi connectivity index (χ2n) is 24.1. The number of phosphoric ester groups is 2. The van der Waals surface area contributed by atoms with E-state index in [4.69, 9.17) is 37.0 Å². The fraction of sp³-hybridized carbons (Fsp3) is 0.688. The second-order valence-corrected chi connectivity index (χ2v) is 27.0.